The van der Waals surface area contributed by atoms with Crippen molar-refractivity contribution < 1.29 is 43.0 Å². The summed E-state index contributed by atoms with van der Waals surface area (Å²) < 4.78 is 33.7. The lowest BCUT2D eigenvalue weighted by atomic mass is 9.94. The predicted octanol–water partition coefficient (Wildman–Crippen LogP) is 1.72. The fourth-order valence-electron chi connectivity index (χ4n) is 2.67. The Morgan fingerprint density at radius 3 is 2.38 bits per heavy atom. The lowest BCUT2D eigenvalue weighted by Crippen LogP contribution is -2.39. The van der Waals surface area contributed by atoms with Crippen LogP contribution in [0.4, 0.5) is 0 Å². The quantitative estimate of drug-likeness (QED) is 0.327. The summed E-state index contributed by atoms with van der Waals surface area (Å²) in [5.74, 6) is -3.49. The SMILES string of the molecule is CCOP(=O)(OCC)C(C(=O)O)C(C(=O)NO)c1ccc2c(c1)OCO2. The van der Waals surface area contributed by atoms with Crippen molar-refractivity contribution in [3.63, 3.8) is 0 Å². The van der Waals surface area contributed by atoms with Crippen LogP contribution < -0.4 is 15.0 Å². The van der Waals surface area contributed by atoms with Crippen LogP contribution in [0.15, 0.2) is 18.2 Å². The van der Waals surface area contributed by atoms with E-state index in [2.05, 4.69) is 0 Å². The van der Waals surface area contributed by atoms with Crippen LogP contribution in [0.5, 0.6) is 11.5 Å². The molecular weight excluding hydrogens is 369 g/mol. The first-order valence-electron chi connectivity index (χ1n) is 7.83. The van der Waals surface area contributed by atoms with E-state index in [4.69, 9.17) is 23.7 Å². The van der Waals surface area contributed by atoms with Gasteiger partial charge in [-0.3, -0.25) is 19.4 Å². The summed E-state index contributed by atoms with van der Waals surface area (Å²) in [6.45, 7) is 2.85. The zero-order valence-corrected chi connectivity index (χ0v) is 15.1. The first kappa shape index (κ1) is 20.2. The van der Waals surface area contributed by atoms with Crippen molar-refractivity contribution in [3.8, 4) is 11.5 Å². The van der Waals surface area contributed by atoms with Crippen molar-refractivity contribution in [2.45, 2.75) is 25.4 Å². The molecule has 1 aromatic carbocycles. The molecule has 144 valence electrons. The molecule has 0 spiro atoms. The number of amides is 1. The van der Waals surface area contributed by atoms with Gasteiger partial charge in [0.1, 0.15) is 0 Å². The molecule has 0 fully saturated rings. The molecule has 26 heavy (non-hydrogen) atoms. The molecule has 1 aliphatic rings. The molecular formula is C15H20NO9P. The van der Waals surface area contributed by atoms with E-state index in [-0.39, 0.29) is 25.6 Å². The molecule has 0 saturated carbocycles. The highest BCUT2D eigenvalue weighted by molar-refractivity contribution is 7.55. The summed E-state index contributed by atoms with van der Waals surface area (Å²) in [6, 6.07) is 4.30. The van der Waals surface area contributed by atoms with Crippen molar-refractivity contribution in [2.24, 2.45) is 0 Å². The van der Waals surface area contributed by atoms with Crippen LogP contribution in [0.25, 0.3) is 0 Å². The maximum Gasteiger partial charge on any atom is 0.346 e. The molecule has 2 unspecified atom stereocenters. The van der Waals surface area contributed by atoms with Crippen LogP contribution in [0.3, 0.4) is 0 Å². The summed E-state index contributed by atoms with van der Waals surface area (Å²) in [7, 11) is -4.24. The molecule has 1 aromatic rings. The van der Waals surface area contributed by atoms with Crippen LogP contribution in [0, 0.1) is 0 Å². The Morgan fingerprint density at radius 2 is 1.85 bits per heavy atom. The Balaban J connectivity index is 2.56. The van der Waals surface area contributed by atoms with Crippen LogP contribution >= 0.6 is 7.60 Å². The molecule has 11 heteroatoms. The van der Waals surface area contributed by atoms with Crippen LogP contribution in [-0.2, 0) is 23.2 Å². The average Bonchev–Trinajstić information content (AvgIpc) is 3.06. The number of hydroxylamine groups is 1. The number of fused-ring (bicyclic) bond motifs is 1. The molecule has 0 bridgehead atoms. The highest BCUT2D eigenvalue weighted by Gasteiger charge is 2.50. The Kier molecular flexibility index (Phi) is 6.60. The third-order valence-electron chi connectivity index (χ3n) is 3.68. The summed E-state index contributed by atoms with van der Waals surface area (Å²) in [6.07, 6.45) is 0. The van der Waals surface area contributed by atoms with Gasteiger partial charge in [-0.1, -0.05) is 6.07 Å². The Morgan fingerprint density at radius 1 is 1.23 bits per heavy atom. The number of ether oxygens (including phenoxy) is 2. The predicted molar refractivity (Wildman–Crippen MR) is 87.5 cm³/mol. The van der Waals surface area contributed by atoms with E-state index >= 15 is 0 Å². The molecule has 0 radical (unpaired) electrons. The minimum atomic E-state index is -4.24. The van der Waals surface area contributed by atoms with Gasteiger partial charge in [-0.15, -0.1) is 0 Å². The van der Waals surface area contributed by atoms with Gasteiger partial charge < -0.3 is 23.6 Å². The minimum Gasteiger partial charge on any atom is -0.481 e. The molecule has 2 rings (SSSR count). The number of carbonyl (C=O) groups excluding carboxylic acids is 1. The number of nitrogens with one attached hydrogen (secondary N) is 1. The standard InChI is InChI=1S/C15H20NO9P/c1-3-24-26(21,25-4-2)13(15(18)19)12(14(17)16-20)9-5-6-10-11(7-9)23-8-22-10/h5-7,12-13,20H,3-4,8H2,1-2H3,(H,16,17)(H,18,19). The van der Waals surface area contributed by atoms with E-state index in [9.17, 15) is 19.3 Å². The fraction of sp³-hybridized carbons (Fsp3) is 0.467. The number of rotatable bonds is 9. The third kappa shape index (κ3) is 3.99. The number of carbonyl (C=O) groups is 2. The number of aliphatic carboxylic acids is 1. The van der Waals surface area contributed by atoms with Crippen molar-refractivity contribution in [2.75, 3.05) is 20.0 Å². The summed E-state index contributed by atoms with van der Waals surface area (Å²) >= 11 is 0. The maximum atomic E-state index is 13.1. The first-order chi connectivity index (χ1) is 12.4. The number of hydrogen-bond donors (Lipinski definition) is 3. The average molecular weight is 389 g/mol. The van der Waals surface area contributed by atoms with Gasteiger partial charge >= 0.3 is 13.6 Å². The van der Waals surface area contributed by atoms with Gasteiger partial charge in [0.15, 0.2) is 17.2 Å². The van der Waals surface area contributed by atoms with Crippen molar-refractivity contribution in [1.29, 1.82) is 0 Å². The topological polar surface area (TPSA) is 141 Å². The van der Waals surface area contributed by atoms with Crippen LogP contribution in [0.1, 0.15) is 25.3 Å². The smallest absolute Gasteiger partial charge is 0.346 e. The molecule has 0 aliphatic carbocycles. The lowest BCUT2D eigenvalue weighted by molar-refractivity contribution is -0.141. The van der Waals surface area contributed by atoms with Gasteiger partial charge in [0, 0.05) is 0 Å². The Hall–Kier alpha value is -2.13. The molecule has 3 N–H and O–H groups in total. The normalized spacial score (nSPS) is 15.3. The molecule has 1 amide bonds. The van der Waals surface area contributed by atoms with Crippen molar-refractivity contribution >= 4 is 19.5 Å². The second-order valence-electron chi connectivity index (χ2n) is 5.22. The summed E-state index contributed by atoms with van der Waals surface area (Å²) in [5.41, 5.74) is -0.317. The minimum absolute atomic E-state index is 0.0195. The van der Waals surface area contributed by atoms with E-state index in [1.165, 1.54) is 37.5 Å². The van der Waals surface area contributed by atoms with Gasteiger partial charge in [-0.2, -0.15) is 0 Å². The van der Waals surface area contributed by atoms with Crippen molar-refractivity contribution in [3.05, 3.63) is 23.8 Å². The molecule has 2 atom stereocenters. The number of benzene rings is 1. The molecule has 0 aromatic heterocycles. The fourth-order valence-corrected chi connectivity index (χ4v) is 4.73. The van der Waals surface area contributed by atoms with Gasteiger partial charge in [0.2, 0.25) is 6.79 Å². The van der Waals surface area contributed by atoms with Gasteiger partial charge in [0.25, 0.3) is 5.91 Å². The Labute approximate surface area is 149 Å². The summed E-state index contributed by atoms with van der Waals surface area (Å²) in [5, 5.41) is 18.8. The molecule has 0 saturated heterocycles. The second kappa shape index (κ2) is 8.50. The van der Waals surface area contributed by atoms with E-state index < -0.39 is 31.0 Å². The van der Waals surface area contributed by atoms with Gasteiger partial charge in [0.05, 0.1) is 19.1 Å². The van der Waals surface area contributed by atoms with E-state index in [1.54, 1.807) is 0 Å². The van der Waals surface area contributed by atoms with E-state index in [1.807, 2.05) is 0 Å². The summed E-state index contributed by atoms with van der Waals surface area (Å²) in [4.78, 5) is 24.2. The zero-order chi connectivity index (χ0) is 19.3. The first-order valence-corrected chi connectivity index (χ1v) is 9.44. The maximum absolute atomic E-state index is 13.1. The molecule has 1 aliphatic heterocycles. The number of hydrogen-bond acceptors (Lipinski definition) is 8. The van der Waals surface area contributed by atoms with E-state index in [0.29, 0.717) is 11.5 Å². The zero-order valence-electron chi connectivity index (χ0n) is 14.2. The van der Waals surface area contributed by atoms with Crippen LogP contribution in [-0.4, -0.2) is 47.9 Å². The Bertz CT molecular complexity index is 713. The monoisotopic (exact) mass is 389 g/mol. The molecule has 10 nitrogen and oxygen atoms in total. The van der Waals surface area contributed by atoms with Gasteiger partial charge in [-0.25, -0.2) is 5.48 Å². The largest absolute Gasteiger partial charge is 0.481 e. The van der Waals surface area contributed by atoms with Gasteiger partial charge in [-0.05, 0) is 31.5 Å². The van der Waals surface area contributed by atoms with Crippen molar-refractivity contribution in [1.82, 2.24) is 5.48 Å². The third-order valence-corrected chi connectivity index (χ3v) is 6.11. The lowest BCUT2D eigenvalue weighted by Gasteiger charge is -2.28. The van der Waals surface area contributed by atoms with E-state index in [0.717, 1.165) is 0 Å². The second-order valence-corrected chi connectivity index (χ2v) is 7.38. The highest BCUT2D eigenvalue weighted by atomic mass is 31.2. The number of carboxylic acids is 1. The van der Waals surface area contributed by atoms with Crippen LogP contribution in [0.2, 0.25) is 0 Å². The highest BCUT2D eigenvalue weighted by Crippen LogP contribution is 2.57. The molecule has 1 heterocycles. The number of carboxylic acid groups (broad SMARTS) is 1.